The Balaban J connectivity index is 1.73. The van der Waals surface area contributed by atoms with E-state index < -0.39 is 0 Å². The first-order valence-electron chi connectivity index (χ1n) is 5.89. The largest absolute Gasteiger partial charge is 0.389 e. The summed E-state index contributed by atoms with van der Waals surface area (Å²) in [5, 5.41) is 10.0. The SMILES string of the molecule is CCN1CCN(CC2(O)CCC2)CC1. The lowest BCUT2D eigenvalue weighted by atomic mass is 9.80. The van der Waals surface area contributed by atoms with Crippen LogP contribution in [0.4, 0.5) is 0 Å². The Kier molecular flexibility index (Phi) is 3.10. The topological polar surface area (TPSA) is 26.7 Å². The Morgan fingerprint density at radius 1 is 1.07 bits per heavy atom. The minimum absolute atomic E-state index is 0.325. The summed E-state index contributed by atoms with van der Waals surface area (Å²) < 4.78 is 0. The molecule has 1 saturated carbocycles. The van der Waals surface area contributed by atoms with E-state index in [1.165, 1.54) is 19.5 Å². The summed E-state index contributed by atoms with van der Waals surface area (Å²) in [5.74, 6) is 0. The highest BCUT2D eigenvalue weighted by molar-refractivity contribution is 4.91. The molecule has 0 radical (unpaired) electrons. The van der Waals surface area contributed by atoms with E-state index in [9.17, 15) is 5.11 Å². The zero-order valence-corrected chi connectivity index (χ0v) is 9.21. The van der Waals surface area contributed by atoms with Crippen molar-refractivity contribution in [2.75, 3.05) is 39.3 Å². The van der Waals surface area contributed by atoms with E-state index in [1.54, 1.807) is 0 Å². The van der Waals surface area contributed by atoms with Crippen LogP contribution in [-0.4, -0.2) is 59.8 Å². The average Bonchev–Trinajstić information content (AvgIpc) is 2.17. The second kappa shape index (κ2) is 4.17. The van der Waals surface area contributed by atoms with Crippen molar-refractivity contribution in [2.24, 2.45) is 0 Å². The molecule has 2 rings (SSSR count). The van der Waals surface area contributed by atoms with Gasteiger partial charge in [-0.2, -0.15) is 0 Å². The fraction of sp³-hybridized carbons (Fsp3) is 1.00. The zero-order valence-electron chi connectivity index (χ0n) is 9.21. The molecule has 1 saturated heterocycles. The van der Waals surface area contributed by atoms with Crippen molar-refractivity contribution in [3.63, 3.8) is 0 Å². The fourth-order valence-electron chi connectivity index (χ4n) is 2.42. The predicted octanol–water partition coefficient (Wildman–Crippen LogP) is 0.539. The van der Waals surface area contributed by atoms with E-state index in [4.69, 9.17) is 0 Å². The van der Waals surface area contributed by atoms with Crippen molar-refractivity contribution in [3.05, 3.63) is 0 Å². The van der Waals surface area contributed by atoms with Gasteiger partial charge in [0.25, 0.3) is 0 Å². The first kappa shape index (κ1) is 10.4. The summed E-state index contributed by atoms with van der Waals surface area (Å²) in [7, 11) is 0. The van der Waals surface area contributed by atoms with E-state index in [-0.39, 0.29) is 5.60 Å². The van der Waals surface area contributed by atoms with Gasteiger partial charge in [-0.25, -0.2) is 0 Å². The summed E-state index contributed by atoms with van der Waals surface area (Å²) in [4.78, 5) is 4.90. The number of rotatable bonds is 3. The molecule has 0 aromatic carbocycles. The Morgan fingerprint density at radius 3 is 2.07 bits per heavy atom. The lowest BCUT2D eigenvalue weighted by Gasteiger charge is -2.43. The minimum Gasteiger partial charge on any atom is -0.389 e. The van der Waals surface area contributed by atoms with Crippen LogP contribution in [0.5, 0.6) is 0 Å². The molecule has 2 fully saturated rings. The maximum absolute atomic E-state index is 10.0. The molecule has 1 N–H and O–H groups in total. The van der Waals surface area contributed by atoms with Gasteiger partial charge < -0.3 is 10.0 Å². The summed E-state index contributed by atoms with van der Waals surface area (Å²) >= 11 is 0. The van der Waals surface area contributed by atoms with Gasteiger partial charge in [0.05, 0.1) is 5.60 Å². The molecule has 2 aliphatic rings. The van der Waals surface area contributed by atoms with Gasteiger partial charge in [0.2, 0.25) is 0 Å². The Bertz CT molecular complexity index is 184. The van der Waals surface area contributed by atoms with Crippen LogP contribution in [0, 0.1) is 0 Å². The number of piperazine rings is 1. The smallest absolute Gasteiger partial charge is 0.0774 e. The van der Waals surface area contributed by atoms with Gasteiger partial charge >= 0.3 is 0 Å². The Morgan fingerprint density at radius 2 is 1.64 bits per heavy atom. The van der Waals surface area contributed by atoms with Crippen LogP contribution in [0.3, 0.4) is 0 Å². The van der Waals surface area contributed by atoms with Crippen molar-refractivity contribution >= 4 is 0 Å². The first-order valence-corrected chi connectivity index (χ1v) is 5.89. The molecule has 0 amide bonds. The van der Waals surface area contributed by atoms with Crippen LogP contribution in [-0.2, 0) is 0 Å². The van der Waals surface area contributed by atoms with Gasteiger partial charge in [0.1, 0.15) is 0 Å². The highest BCUT2D eigenvalue weighted by Gasteiger charge is 2.36. The number of hydrogen-bond donors (Lipinski definition) is 1. The third-order valence-electron chi connectivity index (χ3n) is 3.71. The summed E-state index contributed by atoms with van der Waals surface area (Å²) in [6.07, 6.45) is 3.24. The summed E-state index contributed by atoms with van der Waals surface area (Å²) in [6.45, 7) is 8.91. The number of likely N-dealkylation sites (N-methyl/N-ethyl adjacent to an activating group) is 1. The standard InChI is InChI=1S/C11H22N2O/c1-2-12-6-8-13(9-7-12)10-11(14)4-3-5-11/h14H,2-10H2,1H3. The maximum atomic E-state index is 10.0. The van der Waals surface area contributed by atoms with E-state index in [0.717, 1.165) is 39.0 Å². The molecular formula is C11H22N2O. The quantitative estimate of drug-likeness (QED) is 0.717. The zero-order chi connectivity index (χ0) is 10.0. The third-order valence-corrected chi connectivity index (χ3v) is 3.71. The molecule has 0 unspecified atom stereocenters. The van der Waals surface area contributed by atoms with Gasteiger partial charge in [-0.05, 0) is 25.8 Å². The van der Waals surface area contributed by atoms with Crippen LogP contribution >= 0.6 is 0 Å². The lowest BCUT2D eigenvalue weighted by molar-refractivity contribution is -0.0652. The second-order valence-corrected chi connectivity index (χ2v) is 4.79. The third kappa shape index (κ3) is 2.27. The normalized spacial score (nSPS) is 28.7. The van der Waals surface area contributed by atoms with Crippen LogP contribution in [0.1, 0.15) is 26.2 Å². The van der Waals surface area contributed by atoms with E-state index >= 15 is 0 Å². The predicted molar refractivity (Wildman–Crippen MR) is 57.4 cm³/mol. The Hall–Kier alpha value is -0.120. The molecule has 3 nitrogen and oxygen atoms in total. The van der Waals surface area contributed by atoms with E-state index in [0.29, 0.717) is 0 Å². The van der Waals surface area contributed by atoms with Gasteiger partial charge in [-0.1, -0.05) is 6.92 Å². The molecule has 1 aliphatic carbocycles. The summed E-state index contributed by atoms with van der Waals surface area (Å²) in [5.41, 5.74) is -0.325. The molecule has 1 aliphatic heterocycles. The van der Waals surface area contributed by atoms with Crippen LogP contribution < -0.4 is 0 Å². The highest BCUT2D eigenvalue weighted by Crippen LogP contribution is 2.32. The first-order chi connectivity index (χ1) is 6.72. The van der Waals surface area contributed by atoms with Gasteiger partial charge in [-0.15, -0.1) is 0 Å². The molecule has 3 heteroatoms. The molecule has 0 bridgehead atoms. The Labute approximate surface area is 86.7 Å². The van der Waals surface area contributed by atoms with Gasteiger partial charge in [0.15, 0.2) is 0 Å². The number of β-amino-alcohol motifs (C(OH)–C–C–N with tert-alkyl or cyclic N) is 1. The maximum Gasteiger partial charge on any atom is 0.0774 e. The summed E-state index contributed by atoms with van der Waals surface area (Å²) in [6, 6.07) is 0. The van der Waals surface area contributed by atoms with E-state index in [2.05, 4.69) is 16.7 Å². The van der Waals surface area contributed by atoms with Crippen molar-refractivity contribution in [3.8, 4) is 0 Å². The van der Waals surface area contributed by atoms with Gasteiger partial charge in [-0.3, -0.25) is 4.90 Å². The van der Waals surface area contributed by atoms with Crippen molar-refractivity contribution < 1.29 is 5.11 Å². The number of aliphatic hydroxyl groups is 1. The molecule has 14 heavy (non-hydrogen) atoms. The molecule has 1 heterocycles. The number of hydrogen-bond acceptors (Lipinski definition) is 3. The molecule has 82 valence electrons. The van der Waals surface area contributed by atoms with Crippen molar-refractivity contribution in [2.45, 2.75) is 31.8 Å². The van der Waals surface area contributed by atoms with Gasteiger partial charge in [0, 0.05) is 32.7 Å². The minimum atomic E-state index is -0.325. The van der Waals surface area contributed by atoms with Crippen molar-refractivity contribution in [1.29, 1.82) is 0 Å². The molecular weight excluding hydrogens is 176 g/mol. The van der Waals surface area contributed by atoms with E-state index in [1.807, 2.05) is 0 Å². The molecule has 0 aromatic heterocycles. The van der Waals surface area contributed by atoms with Crippen LogP contribution in [0.2, 0.25) is 0 Å². The number of nitrogens with zero attached hydrogens (tertiary/aromatic N) is 2. The molecule has 0 aromatic rings. The average molecular weight is 198 g/mol. The van der Waals surface area contributed by atoms with Crippen LogP contribution in [0.25, 0.3) is 0 Å². The second-order valence-electron chi connectivity index (χ2n) is 4.79. The monoisotopic (exact) mass is 198 g/mol. The molecule has 0 atom stereocenters. The fourth-order valence-corrected chi connectivity index (χ4v) is 2.42. The van der Waals surface area contributed by atoms with Crippen LogP contribution in [0.15, 0.2) is 0 Å². The molecule has 0 spiro atoms. The van der Waals surface area contributed by atoms with Crippen molar-refractivity contribution in [1.82, 2.24) is 9.80 Å². The highest BCUT2D eigenvalue weighted by atomic mass is 16.3. The lowest BCUT2D eigenvalue weighted by Crippen LogP contribution is -2.54.